The Hall–Kier alpha value is -2.47. The van der Waals surface area contributed by atoms with E-state index in [1.165, 1.54) is 15.9 Å². The Balaban J connectivity index is 2.22. The number of aromatic nitrogens is 2. The Bertz CT molecular complexity index is 897. The highest BCUT2D eigenvalue weighted by Gasteiger charge is 2.15. The summed E-state index contributed by atoms with van der Waals surface area (Å²) >= 11 is 1.45. The fraction of sp³-hybridized carbons (Fsp3) is 0.188. The lowest BCUT2D eigenvalue weighted by atomic mass is 10.2. The van der Waals surface area contributed by atoms with Crippen LogP contribution < -0.4 is 5.56 Å². The molecular formula is C16H14N2O3S. The van der Waals surface area contributed by atoms with E-state index in [9.17, 15) is 9.59 Å². The molecule has 112 valence electrons. The van der Waals surface area contributed by atoms with Crippen LogP contribution in [0.4, 0.5) is 0 Å². The number of hydrogen-bond acceptors (Lipinski definition) is 4. The molecule has 0 aliphatic heterocycles. The molecule has 0 aliphatic carbocycles. The standard InChI is InChI=1S/C16H14N2O3S/c1-2-13-17-15-11(16(21)18(13)9-14(19)20)8-12(22-15)10-6-4-3-5-7-10/h3-8H,2,9H2,1H3,(H,19,20). The maximum atomic E-state index is 12.6. The molecule has 0 radical (unpaired) electrons. The quantitative estimate of drug-likeness (QED) is 0.803. The minimum absolute atomic E-state index is 0.289. The third-order valence-corrected chi connectivity index (χ3v) is 4.48. The smallest absolute Gasteiger partial charge is 0.323 e. The summed E-state index contributed by atoms with van der Waals surface area (Å²) in [6.07, 6.45) is 0.511. The lowest BCUT2D eigenvalue weighted by Crippen LogP contribution is -2.27. The number of thiophene rings is 1. The van der Waals surface area contributed by atoms with E-state index in [4.69, 9.17) is 5.11 Å². The van der Waals surface area contributed by atoms with Crippen LogP contribution >= 0.6 is 11.3 Å². The van der Waals surface area contributed by atoms with Gasteiger partial charge in [-0.05, 0) is 11.6 Å². The fourth-order valence-electron chi connectivity index (χ4n) is 2.37. The molecule has 0 fully saturated rings. The number of fused-ring (bicyclic) bond motifs is 1. The third kappa shape index (κ3) is 2.53. The number of carbonyl (C=O) groups is 1. The number of hydrogen-bond donors (Lipinski definition) is 1. The van der Waals surface area contributed by atoms with E-state index in [1.54, 1.807) is 6.07 Å². The second-order valence-electron chi connectivity index (χ2n) is 4.86. The first-order valence-electron chi connectivity index (χ1n) is 6.90. The van der Waals surface area contributed by atoms with Crippen molar-refractivity contribution in [1.29, 1.82) is 0 Å². The SMILES string of the molecule is CCc1nc2sc(-c3ccccc3)cc2c(=O)n1CC(=O)O. The Morgan fingerprint density at radius 3 is 2.68 bits per heavy atom. The summed E-state index contributed by atoms with van der Waals surface area (Å²) in [5.41, 5.74) is 0.732. The van der Waals surface area contributed by atoms with Crippen molar-refractivity contribution in [3.63, 3.8) is 0 Å². The Morgan fingerprint density at radius 2 is 2.05 bits per heavy atom. The van der Waals surface area contributed by atoms with E-state index in [1.807, 2.05) is 37.3 Å². The molecule has 0 amide bonds. The summed E-state index contributed by atoms with van der Waals surface area (Å²) in [5, 5.41) is 9.46. The van der Waals surface area contributed by atoms with Crippen molar-refractivity contribution in [3.8, 4) is 10.4 Å². The van der Waals surface area contributed by atoms with Crippen molar-refractivity contribution in [2.45, 2.75) is 19.9 Å². The second kappa shape index (κ2) is 5.73. The van der Waals surface area contributed by atoms with Crippen molar-refractivity contribution in [2.24, 2.45) is 0 Å². The summed E-state index contributed by atoms with van der Waals surface area (Å²) < 4.78 is 1.24. The molecule has 1 aromatic carbocycles. The van der Waals surface area contributed by atoms with Crippen LogP contribution in [0.2, 0.25) is 0 Å². The molecule has 22 heavy (non-hydrogen) atoms. The zero-order valence-electron chi connectivity index (χ0n) is 11.9. The topological polar surface area (TPSA) is 72.2 Å². The number of aliphatic carboxylic acids is 1. The van der Waals surface area contributed by atoms with Crippen LogP contribution in [0.5, 0.6) is 0 Å². The van der Waals surface area contributed by atoms with Gasteiger partial charge in [-0.25, -0.2) is 4.98 Å². The summed E-state index contributed by atoms with van der Waals surface area (Å²) in [4.78, 5) is 29.6. The fourth-order valence-corrected chi connectivity index (χ4v) is 3.42. The number of rotatable bonds is 4. The van der Waals surface area contributed by atoms with Crippen molar-refractivity contribution in [1.82, 2.24) is 9.55 Å². The maximum Gasteiger partial charge on any atom is 0.323 e. The summed E-state index contributed by atoms with van der Waals surface area (Å²) in [6, 6.07) is 11.6. The van der Waals surface area contributed by atoms with Crippen LogP contribution in [-0.4, -0.2) is 20.6 Å². The van der Waals surface area contributed by atoms with E-state index in [2.05, 4.69) is 4.98 Å². The zero-order valence-corrected chi connectivity index (χ0v) is 12.8. The van der Waals surface area contributed by atoms with Gasteiger partial charge >= 0.3 is 5.97 Å². The minimum atomic E-state index is -1.04. The lowest BCUT2D eigenvalue weighted by Gasteiger charge is -2.07. The number of aryl methyl sites for hydroxylation is 1. The average Bonchev–Trinajstić information content (AvgIpc) is 2.95. The Labute approximate surface area is 130 Å². The number of benzene rings is 1. The van der Waals surface area contributed by atoms with Crippen molar-refractivity contribution < 1.29 is 9.90 Å². The molecular weight excluding hydrogens is 300 g/mol. The highest BCUT2D eigenvalue weighted by atomic mass is 32.1. The molecule has 3 rings (SSSR count). The van der Waals surface area contributed by atoms with Gasteiger partial charge in [0.2, 0.25) is 0 Å². The van der Waals surface area contributed by atoms with Gasteiger partial charge in [0.25, 0.3) is 5.56 Å². The van der Waals surface area contributed by atoms with E-state index >= 15 is 0 Å². The molecule has 0 atom stereocenters. The van der Waals surface area contributed by atoms with Crippen molar-refractivity contribution in [3.05, 3.63) is 52.6 Å². The molecule has 0 aliphatic rings. The highest BCUT2D eigenvalue weighted by Crippen LogP contribution is 2.30. The maximum absolute atomic E-state index is 12.6. The van der Waals surface area contributed by atoms with Gasteiger partial charge in [-0.3, -0.25) is 14.2 Å². The lowest BCUT2D eigenvalue weighted by molar-refractivity contribution is -0.137. The first-order valence-corrected chi connectivity index (χ1v) is 7.72. The number of carboxylic acid groups (broad SMARTS) is 1. The molecule has 5 nitrogen and oxygen atoms in total. The summed E-state index contributed by atoms with van der Waals surface area (Å²) in [7, 11) is 0. The van der Waals surface area contributed by atoms with Gasteiger partial charge in [0.05, 0.1) is 5.39 Å². The molecule has 0 saturated carbocycles. The molecule has 0 bridgehead atoms. The first-order chi connectivity index (χ1) is 10.6. The predicted molar refractivity (Wildman–Crippen MR) is 86.3 cm³/mol. The van der Waals surface area contributed by atoms with Crippen molar-refractivity contribution in [2.75, 3.05) is 0 Å². The van der Waals surface area contributed by atoms with Crippen LogP contribution in [0.15, 0.2) is 41.2 Å². The monoisotopic (exact) mass is 314 g/mol. The zero-order chi connectivity index (χ0) is 15.7. The number of nitrogens with zero attached hydrogens (tertiary/aromatic N) is 2. The van der Waals surface area contributed by atoms with Crippen LogP contribution in [-0.2, 0) is 17.8 Å². The molecule has 0 unspecified atom stereocenters. The molecule has 0 saturated heterocycles. The van der Waals surface area contributed by atoms with Gasteiger partial charge in [-0.2, -0.15) is 0 Å². The normalized spacial score (nSPS) is 11.0. The molecule has 3 aromatic rings. The van der Waals surface area contributed by atoms with Crippen LogP contribution in [0.25, 0.3) is 20.7 Å². The molecule has 0 spiro atoms. The predicted octanol–water partition coefficient (Wildman–Crippen LogP) is 2.77. The van der Waals surface area contributed by atoms with Gasteiger partial charge in [-0.15, -0.1) is 11.3 Å². The molecule has 1 N–H and O–H groups in total. The van der Waals surface area contributed by atoms with Gasteiger partial charge in [0.15, 0.2) is 0 Å². The first kappa shape index (κ1) is 14.5. The van der Waals surface area contributed by atoms with E-state index < -0.39 is 5.97 Å². The minimum Gasteiger partial charge on any atom is -0.480 e. The average molecular weight is 314 g/mol. The van der Waals surface area contributed by atoms with Crippen LogP contribution in [0.3, 0.4) is 0 Å². The highest BCUT2D eigenvalue weighted by molar-refractivity contribution is 7.21. The van der Waals surface area contributed by atoms with Gasteiger partial charge in [0, 0.05) is 11.3 Å². The Morgan fingerprint density at radius 1 is 1.32 bits per heavy atom. The summed E-state index contributed by atoms with van der Waals surface area (Å²) in [6.45, 7) is 1.50. The van der Waals surface area contributed by atoms with E-state index in [-0.39, 0.29) is 12.1 Å². The van der Waals surface area contributed by atoms with Crippen LogP contribution in [0.1, 0.15) is 12.7 Å². The van der Waals surface area contributed by atoms with E-state index in [0.717, 1.165) is 10.4 Å². The van der Waals surface area contributed by atoms with Gasteiger partial charge in [0.1, 0.15) is 17.2 Å². The Kier molecular flexibility index (Phi) is 3.77. The van der Waals surface area contributed by atoms with Crippen molar-refractivity contribution >= 4 is 27.5 Å². The van der Waals surface area contributed by atoms with E-state index in [0.29, 0.717) is 22.5 Å². The molecule has 2 heterocycles. The van der Waals surface area contributed by atoms with Crippen LogP contribution in [0, 0.1) is 0 Å². The molecule has 6 heteroatoms. The number of carboxylic acids is 1. The second-order valence-corrected chi connectivity index (χ2v) is 5.89. The van der Waals surface area contributed by atoms with Gasteiger partial charge in [-0.1, -0.05) is 37.3 Å². The summed E-state index contributed by atoms with van der Waals surface area (Å²) in [5.74, 6) is -0.544. The third-order valence-electron chi connectivity index (χ3n) is 3.40. The largest absolute Gasteiger partial charge is 0.480 e. The molecule has 2 aromatic heterocycles. The van der Waals surface area contributed by atoms with Gasteiger partial charge < -0.3 is 5.11 Å².